The van der Waals surface area contributed by atoms with Crippen molar-refractivity contribution in [2.75, 3.05) is 29.9 Å². The normalized spacial score (nSPS) is 27.9. The van der Waals surface area contributed by atoms with E-state index in [1.165, 1.54) is 31.4 Å². The molecule has 1 aromatic rings. The molecule has 3 aliphatic rings. The van der Waals surface area contributed by atoms with Gasteiger partial charge in [0.15, 0.2) is 6.29 Å². The van der Waals surface area contributed by atoms with E-state index in [4.69, 9.17) is 0 Å². The highest BCUT2D eigenvalue weighted by molar-refractivity contribution is 6.04. The van der Waals surface area contributed by atoms with E-state index in [-0.39, 0.29) is 24.1 Å². The van der Waals surface area contributed by atoms with Gasteiger partial charge in [-0.1, -0.05) is 6.42 Å². The molecular formula is C16H21FN4O. The van der Waals surface area contributed by atoms with Crippen LogP contribution < -0.4 is 15.5 Å². The summed E-state index contributed by atoms with van der Waals surface area (Å²) >= 11 is 0. The number of carbonyl (C=O) groups excluding carboxylic acids is 1. The van der Waals surface area contributed by atoms with E-state index in [9.17, 15) is 9.18 Å². The molecule has 1 amide bonds. The Morgan fingerprint density at radius 3 is 2.77 bits per heavy atom. The van der Waals surface area contributed by atoms with Gasteiger partial charge in [-0.2, -0.15) is 0 Å². The second-order valence-corrected chi connectivity index (χ2v) is 6.43. The largest absolute Gasteiger partial charge is 0.351 e. The molecule has 0 saturated carbocycles. The second-order valence-electron chi connectivity index (χ2n) is 6.43. The smallest absolute Gasteiger partial charge is 0.253 e. The van der Waals surface area contributed by atoms with Crippen LogP contribution in [0.5, 0.6) is 0 Å². The standard InChI is InChI=1S/C16H21FN4O/c1-10-9-18-15(22)12-7-11(17)8-13-14(12)21(10)16(19-13)20-5-3-2-4-6-20/h7-8,10,16,19H,2-6,9H2,1H3,(H,18,22)/t10-,16?/m1/s1. The third-order valence-corrected chi connectivity index (χ3v) is 4.90. The number of nitrogens with one attached hydrogen (secondary N) is 2. The van der Waals surface area contributed by atoms with Crippen molar-refractivity contribution in [1.29, 1.82) is 0 Å². The lowest BCUT2D eigenvalue weighted by Gasteiger charge is -2.40. The molecular weight excluding hydrogens is 283 g/mol. The fourth-order valence-electron chi connectivity index (χ4n) is 3.82. The summed E-state index contributed by atoms with van der Waals surface area (Å²) < 4.78 is 13.9. The zero-order chi connectivity index (χ0) is 15.3. The Kier molecular flexibility index (Phi) is 3.22. The summed E-state index contributed by atoms with van der Waals surface area (Å²) in [6.07, 6.45) is 3.66. The van der Waals surface area contributed by atoms with Crippen molar-refractivity contribution in [2.45, 2.75) is 38.5 Å². The Hall–Kier alpha value is -1.82. The van der Waals surface area contributed by atoms with Crippen LogP contribution in [0.2, 0.25) is 0 Å². The summed E-state index contributed by atoms with van der Waals surface area (Å²) in [5.41, 5.74) is 2.01. The first-order chi connectivity index (χ1) is 10.6. The van der Waals surface area contributed by atoms with Crippen molar-refractivity contribution in [3.8, 4) is 0 Å². The van der Waals surface area contributed by atoms with E-state index in [2.05, 4.69) is 27.4 Å². The lowest BCUT2D eigenvalue weighted by Crippen LogP contribution is -2.55. The Morgan fingerprint density at radius 2 is 2.00 bits per heavy atom. The van der Waals surface area contributed by atoms with E-state index in [0.717, 1.165) is 24.5 Å². The maximum Gasteiger partial charge on any atom is 0.253 e. The van der Waals surface area contributed by atoms with Crippen LogP contribution in [0.3, 0.4) is 0 Å². The molecule has 0 aromatic heterocycles. The maximum absolute atomic E-state index is 13.9. The van der Waals surface area contributed by atoms with Gasteiger partial charge in [-0.3, -0.25) is 9.69 Å². The van der Waals surface area contributed by atoms with Crippen molar-refractivity contribution in [3.05, 3.63) is 23.5 Å². The van der Waals surface area contributed by atoms with Crippen molar-refractivity contribution in [2.24, 2.45) is 0 Å². The Balaban J connectivity index is 1.79. The zero-order valence-corrected chi connectivity index (χ0v) is 12.7. The lowest BCUT2D eigenvalue weighted by molar-refractivity contribution is 0.0954. The van der Waals surface area contributed by atoms with Gasteiger partial charge in [-0.05, 0) is 31.9 Å². The number of rotatable bonds is 1. The molecule has 3 heterocycles. The minimum Gasteiger partial charge on any atom is -0.351 e. The minimum atomic E-state index is -0.370. The highest BCUT2D eigenvalue weighted by atomic mass is 19.1. The van der Waals surface area contributed by atoms with Gasteiger partial charge in [0.05, 0.1) is 16.9 Å². The van der Waals surface area contributed by atoms with Gasteiger partial charge < -0.3 is 15.5 Å². The monoisotopic (exact) mass is 304 g/mol. The Labute approximate surface area is 129 Å². The van der Waals surface area contributed by atoms with Gasteiger partial charge in [0.1, 0.15) is 5.82 Å². The molecule has 3 aliphatic heterocycles. The maximum atomic E-state index is 13.9. The van der Waals surface area contributed by atoms with Gasteiger partial charge in [-0.15, -0.1) is 0 Å². The fourth-order valence-corrected chi connectivity index (χ4v) is 3.82. The molecule has 0 radical (unpaired) electrons. The van der Waals surface area contributed by atoms with Crippen molar-refractivity contribution in [3.63, 3.8) is 0 Å². The summed E-state index contributed by atoms with van der Waals surface area (Å²) in [5, 5.41) is 6.34. The van der Waals surface area contributed by atoms with Crippen LogP contribution in [0.25, 0.3) is 0 Å². The molecule has 4 rings (SSSR count). The molecule has 0 aliphatic carbocycles. The van der Waals surface area contributed by atoms with Crippen LogP contribution in [-0.2, 0) is 0 Å². The number of hydrogen-bond acceptors (Lipinski definition) is 4. The topological polar surface area (TPSA) is 47.6 Å². The summed E-state index contributed by atoms with van der Waals surface area (Å²) in [4.78, 5) is 16.9. The fraction of sp³-hybridized carbons (Fsp3) is 0.562. The SMILES string of the molecule is C[C@@H]1CNC(=O)c2cc(F)cc3c2N1C(N1CCCCC1)N3. The molecule has 2 atom stereocenters. The summed E-state index contributed by atoms with van der Waals surface area (Å²) in [7, 11) is 0. The van der Waals surface area contributed by atoms with Crippen LogP contribution in [0.4, 0.5) is 15.8 Å². The number of carbonyl (C=O) groups is 1. The molecule has 1 aromatic carbocycles. The number of nitrogens with zero attached hydrogens (tertiary/aromatic N) is 2. The quantitative estimate of drug-likeness (QED) is 0.833. The van der Waals surface area contributed by atoms with E-state index in [1.54, 1.807) is 0 Å². The lowest BCUT2D eigenvalue weighted by atomic mass is 10.1. The average molecular weight is 304 g/mol. The predicted octanol–water partition coefficient (Wildman–Crippen LogP) is 1.96. The van der Waals surface area contributed by atoms with Gasteiger partial charge in [0.25, 0.3) is 5.91 Å². The number of anilines is 2. The first-order valence-corrected chi connectivity index (χ1v) is 8.06. The highest BCUT2D eigenvalue weighted by Gasteiger charge is 2.41. The van der Waals surface area contributed by atoms with E-state index in [0.29, 0.717) is 12.1 Å². The van der Waals surface area contributed by atoms with Gasteiger partial charge in [0, 0.05) is 25.7 Å². The molecule has 1 saturated heterocycles. The number of amides is 1. The first kappa shape index (κ1) is 13.8. The number of likely N-dealkylation sites (tertiary alicyclic amines) is 1. The summed E-state index contributed by atoms with van der Waals surface area (Å²) in [5.74, 6) is -0.559. The van der Waals surface area contributed by atoms with E-state index < -0.39 is 0 Å². The molecule has 1 unspecified atom stereocenters. The second kappa shape index (κ2) is 5.12. The number of benzene rings is 1. The van der Waals surface area contributed by atoms with Crippen molar-refractivity contribution >= 4 is 17.3 Å². The zero-order valence-electron chi connectivity index (χ0n) is 12.7. The Morgan fingerprint density at radius 1 is 1.23 bits per heavy atom. The molecule has 118 valence electrons. The Bertz CT molecular complexity index is 614. The van der Waals surface area contributed by atoms with Crippen molar-refractivity contribution in [1.82, 2.24) is 10.2 Å². The van der Waals surface area contributed by atoms with Crippen LogP contribution in [0, 0.1) is 5.82 Å². The molecule has 22 heavy (non-hydrogen) atoms. The summed E-state index contributed by atoms with van der Waals surface area (Å²) in [6.45, 7) is 4.75. The van der Waals surface area contributed by atoms with Crippen LogP contribution >= 0.6 is 0 Å². The van der Waals surface area contributed by atoms with Crippen LogP contribution in [0.15, 0.2) is 12.1 Å². The summed E-state index contributed by atoms with van der Waals surface area (Å²) in [6, 6.07) is 3.01. The third-order valence-electron chi connectivity index (χ3n) is 4.90. The molecule has 0 spiro atoms. The first-order valence-electron chi connectivity index (χ1n) is 8.06. The van der Waals surface area contributed by atoms with E-state index >= 15 is 0 Å². The highest BCUT2D eigenvalue weighted by Crippen LogP contribution is 2.42. The molecule has 2 N–H and O–H groups in total. The third kappa shape index (κ3) is 2.05. The van der Waals surface area contributed by atoms with Gasteiger partial charge in [-0.25, -0.2) is 4.39 Å². The number of halogens is 1. The van der Waals surface area contributed by atoms with Gasteiger partial charge >= 0.3 is 0 Å². The van der Waals surface area contributed by atoms with E-state index in [1.807, 2.05) is 0 Å². The number of hydrogen-bond donors (Lipinski definition) is 2. The number of piperidine rings is 1. The van der Waals surface area contributed by atoms with Gasteiger partial charge in [0.2, 0.25) is 0 Å². The average Bonchev–Trinajstić information content (AvgIpc) is 2.85. The minimum absolute atomic E-state index is 0.0125. The van der Waals surface area contributed by atoms with Crippen molar-refractivity contribution < 1.29 is 9.18 Å². The molecule has 5 nitrogen and oxygen atoms in total. The van der Waals surface area contributed by atoms with Crippen LogP contribution in [0.1, 0.15) is 36.5 Å². The van der Waals surface area contributed by atoms with Crippen LogP contribution in [-0.4, -0.2) is 42.8 Å². The molecule has 6 heteroatoms. The molecule has 1 fully saturated rings. The molecule has 0 bridgehead atoms. The predicted molar refractivity (Wildman–Crippen MR) is 83.5 cm³/mol.